The first kappa shape index (κ1) is 10.4. The second kappa shape index (κ2) is 5.09. The minimum atomic E-state index is -0.817. The molecule has 0 aliphatic rings. The van der Waals surface area contributed by atoms with Crippen molar-refractivity contribution in [3.05, 3.63) is 0 Å². The zero-order valence-electron chi connectivity index (χ0n) is 6.87. The summed E-state index contributed by atoms with van der Waals surface area (Å²) in [4.78, 5) is 10.4. The molecule has 0 aromatic rings. The molecule has 0 aromatic carbocycles. The van der Waals surface area contributed by atoms with Gasteiger partial charge in [-0.2, -0.15) is 0 Å². The normalized spacial score (nSPS) is 15.9. The first-order valence-electron chi connectivity index (χ1n) is 3.66. The standard InChI is InChI=1S/C7H15NO3/c1-5(7(10)11)6(2)8-3-4-9/h5-6,8-9H,3-4H2,1-2H3,(H,10,11). The van der Waals surface area contributed by atoms with E-state index in [4.69, 9.17) is 10.2 Å². The maximum Gasteiger partial charge on any atom is 0.307 e. The van der Waals surface area contributed by atoms with Crippen LogP contribution in [0.4, 0.5) is 0 Å². The van der Waals surface area contributed by atoms with Gasteiger partial charge in [0.05, 0.1) is 12.5 Å². The van der Waals surface area contributed by atoms with Crippen LogP contribution in [0.5, 0.6) is 0 Å². The van der Waals surface area contributed by atoms with E-state index in [1.807, 2.05) is 0 Å². The van der Waals surface area contributed by atoms with Crippen LogP contribution in [-0.2, 0) is 4.79 Å². The molecule has 4 heteroatoms. The fraction of sp³-hybridized carbons (Fsp3) is 0.857. The summed E-state index contributed by atoms with van der Waals surface area (Å²) in [5, 5.41) is 19.9. The minimum Gasteiger partial charge on any atom is -0.481 e. The zero-order valence-corrected chi connectivity index (χ0v) is 6.87. The number of hydrogen-bond acceptors (Lipinski definition) is 3. The average molecular weight is 161 g/mol. The molecule has 11 heavy (non-hydrogen) atoms. The van der Waals surface area contributed by atoms with Gasteiger partial charge < -0.3 is 15.5 Å². The van der Waals surface area contributed by atoms with E-state index in [1.54, 1.807) is 13.8 Å². The molecule has 66 valence electrons. The summed E-state index contributed by atoms with van der Waals surface area (Å²) in [6, 6.07) is -0.0975. The highest BCUT2D eigenvalue weighted by atomic mass is 16.4. The predicted octanol–water partition coefficient (Wildman–Crippen LogP) is -0.323. The molecule has 2 unspecified atom stereocenters. The molecular weight excluding hydrogens is 146 g/mol. The monoisotopic (exact) mass is 161 g/mol. The van der Waals surface area contributed by atoms with Crippen LogP contribution in [-0.4, -0.2) is 35.4 Å². The van der Waals surface area contributed by atoms with E-state index in [2.05, 4.69) is 5.32 Å². The molecule has 0 rings (SSSR count). The van der Waals surface area contributed by atoms with Crippen LogP contribution in [0.3, 0.4) is 0 Å². The largest absolute Gasteiger partial charge is 0.481 e. The Labute approximate surface area is 66.2 Å². The minimum absolute atomic E-state index is 0.0384. The Hall–Kier alpha value is -0.610. The molecule has 0 spiro atoms. The molecule has 4 nitrogen and oxygen atoms in total. The predicted molar refractivity (Wildman–Crippen MR) is 41.4 cm³/mol. The number of carboxylic acid groups (broad SMARTS) is 1. The van der Waals surface area contributed by atoms with Gasteiger partial charge in [0.1, 0.15) is 0 Å². The van der Waals surface area contributed by atoms with Gasteiger partial charge in [-0.05, 0) is 6.92 Å². The van der Waals surface area contributed by atoms with Crippen LogP contribution < -0.4 is 5.32 Å². The molecule has 0 radical (unpaired) electrons. The van der Waals surface area contributed by atoms with E-state index < -0.39 is 11.9 Å². The van der Waals surface area contributed by atoms with Crippen molar-refractivity contribution in [3.8, 4) is 0 Å². The van der Waals surface area contributed by atoms with Gasteiger partial charge in [-0.1, -0.05) is 6.92 Å². The van der Waals surface area contributed by atoms with Crippen molar-refractivity contribution in [2.45, 2.75) is 19.9 Å². The number of carboxylic acids is 1. The Balaban J connectivity index is 3.63. The summed E-state index contributed by atoms with van der Waals surface area (Å²) in [6.07, 6.45) is 0. The molecule has 0 heterocycles. The molecule has 2 atom stereocenters. The van der Waals surface area contributed by atoms with Crippen molar-refractivity contribution >= 4 is 5.97 Å². The molecule has 3 N–H and O–H groups in total. The SMILES string of the molecule is CC(NCCO)C(C)C(=O)O. The van der Waals surface area contributed by atoms with E-state index in [1.165, 1.54) is 0 Å². The summed E-state index contributed by atoms with van der Waals surface area (Å²) in [5.74, 6) is -1.23. The number of aliphatic hydroxyl groups excluding tert-OH is 1. The topological polar surface area (TPSA) is 69.6 Å². The zero-order chi connectivity index (χ0) is 8.85. The number of carbonyl (C=O) groups is 1. The van der Waals surface area contributed by atoms with Crippen LogP contribution in [0, 0.1) is 5.92 Å². The highest BCUT2D eigenvalue weighted by Crippen LogP contribution is 2.00. The van der Waals surface area contributed by atoms with Gasteiger partial charge in [0.2, 0.25) is 0 Å². The van der Waals surface area contributed by atoms with Crippen molar-refractivity contribution in [2.75, 3.05) is 13.2 Å². The highest BCUT2D eigenvalue weighted by Gasteiger charge is 2.17. The van der Waals surface area contributed by atoms with Gasteiger partial charge in [-0.25, -0.2) is 0 Å². The Morgan fingerprint density at radius 3 is 2.45 bits per heavy atom. The van der Waals surface area contributed by atoms with Crippen molar-refractivity contribution in [2.24, 2.45) is 5.92 Å². The lowest BCUT2D eigenvalue weighted by Gasteiger charge is -2.16. The quantitative estimate of drug-likeness (QED) is 0.516. The highest BCUT2D eigenvalue weighted by molar-refractivity contribution is 5.70. The maximum atomic E-state index is 10.4. The van der Waals surface area contributed by atoms with E-state index in [0.717, 1.165) is 0 Å². The summed E-state index contributed by atoms with van der Waals surface area (Å²) in [7, 11) is 0. The lowest BCUT2D eigenvalue weighted by atomic mass is 10.0. The molecule has 0 saturated carbocycles. The molecule has 0 aliphatic carbocycles. The molecule has 0 aliphatic heterocycles. The molecule has 0 bridgehead atoms. The Morgan fingerprint density at radius 1 is 1.55 bits per heavy atom. The van der Waals surface area contributed by atoms with Gasteiger partial charge in [0.15, 0.2) is 0 Å². The number of aliphatic hydroxyl groups is 1. The molecule has 0 aromatic heterocycles. The Kier molecular flexibility index (Phi) is 4.81. The van der Waals surface area contributed by atoms with Gasteiger partial charge in [0.25, 0.3) is 0 Å². The van der Waals surface area contributed by atoms with E-state index in [0.29, 0.717) is 6.54 Å². The Morgan fingerprint density at radius 2 is 2.09 bits per heavy atom. The summed E-state index contributed by atoms with van der Waals surface area (Å²) >= 11 is 0. The number of aliphatic carboxylic acids is 1. The van der Waals surface area contributed by atoms with Crippen LogP contribution in [0.15, 0.2) is 0 Å². The molecule has 0 amide bonds. The van der Waals surface area contributed by atoms with Crippen molar-refractivity contribution in [1.82, 2.24) is 5.32 Å². The van der Waals surface area contributed by atoms with Crippen LogP contribution >= 0.6 is 0 Å². The molecule has 0 saturated heterocycles. The fourth-order valence-electron chi connectivity index (χ4n) is 0.683. The average Bonchev–Trinajstić information content (AvgIpc) is 1.98. The third kappa shape index (κ3) is 3.95. The third-order valence-electron chi connectivity index (χ3n) is 1.72. The smallest absolute Gasteiger partial charge is 0.307 e. The lowest BCUT2D eigenvalue weighted by molar-refractivity contribution is -0.141. The van der Waals surface area contributed by atoms with Gasteiger partial charge >= 0.3 is 5.97 Å². The van der Waals surface area contributed by atoms with Crippen LogP contribution in [0.2, 0.25) is 0 Å². The summed E-state index contributed by atoms with van der Waals surface area (Å²) < 4.78 is 0. The number of hydrogen-bond donors (Lipinski definition) is 3. The third-order valence-corrected chi connectivity index (χ3v) is 1.72. The second-order valence-electron chi connectivity index (χ2n) is 2.59. The van der Waals surface area contributed by atoms with E-state index in [9.17, 15) is 4.79 Å². The van der Waals surface area contributed by atoms with E-state index >= 15 is 0 Å². The van der Waals surface area contributed by atoms with Crippen molar-refractivity contribution in [3.63, 3.8) is 0 Å². The summed E-state index contributed by atoms with van der Waals surface area (Å²) in [5.41, 5.74) is 0. The summed E-state index contributed by atoms with van der Waals surface area (Å²) in [6.45, 7) is 3.90. The van der Waals surface area contributed by atoms with Crippen molar-refractivity contribution < 1.29 is 15.0 Å². The number of nitrogens with one attached hydrogen (secondary N) is 1. The van der Waals surface area contributed by atoms with Gasteiger partial charge in [-0.15, -0.1) is 0 Å². The van der Waals surface area contributed by atoms with Gasteiger partial charge in [0, 0.05) is 12.6 Å². The molecular formula is C7H15NO3. The lowest BCUT2D eigenvalue weighted by Crippen LogP contribution is -2.37. The first-order chi connectivity index (χ1) is 5.09. The second-order valence-corrected chi connectivity index (χ2v) is 2.59. The van der Waals surface area contributed by atoms with Crippen molar-refractivity contribution in [1.29, 1.82) is 0 Å². The van der Waals surface area contributed by atoms with E-state index in [-0.39, 0.29) is 12.6 Å². The molecule has 0 fully saturated rings. The Bertz CT molecular complexity index is 127. The maximum absolute atomic E-state index is 10.4. The fourth-order valence-corrected chi connectivity index (χ4v) is 0.683. The first-order valence-corrected chi connectivity index (χ1v) is 3.66. The van der Waals surface area contributed by atoms with Gasteiger partial charge in [-0.3, -0.25) is 4.79 Å². The number of rotatable bonds is 5. The van der Waals surface area contributed by atoms with Crippen LogP contribution in [0.1, 0.15) is 13.8 Å². The van der Waals surface area contributed by atoms with Crippen LogP contribution in [0.25, 0.3) is 0 Å².